The molecule has 2 aliphatic heterocycles. The zero-order valence-electron chi connectivity index (χ0n) is 16.9. The fraction of sp³-hybridized carbons (Fsp3) is 0.476. The summed E-state index contributed by atoms with van der Waals surface area (Å²) in [4.78, 5) is 19.1. The third-order valence-electron chi connectivity index (χ3n) is 6.43. The Morgan fingerprint density at radius 1 is 1.14 bits per heavy atom. The van der Waals surface area contributed by atoms with E-state index in [0.29, 0.717) is 33.7 Å². The zero-order chi connectivity index (χ0) is 20.3. The minimum absolute atomic E-state index is 0.112. The number of anilines is 1. The monoisotopic (exact) mass is 412 g/mol. The van der Waals surface area contributed by atoms with Crippen molar-refractivity contribution in [1.29, 1.82) is 0 Å². The van der Waals surface area contributed by atoms with Gasteiger partial charge in [-0.05, 0) is 57.0 Å². The Morgan fingerprint density at radius 3 is 2.72 bits per heavy atom. The van der Waals surface area contributed by atoms with Crippen LogP contribution in [0.4, 0.5) is 5.82 Å². The second-order valence-corrected chi connectivity index (χ2v) is 8.78. The van der Waals surface area contributed by atoms with Crippen molar-refractivity contribution in [2.75, 3.05) is 31.6 Å². The number of halogens is 1. The molecule has 0 radical (unpaired) electrons. The standard InChI is InChI=1S/C21H25ClN6O/c1-12-8-14(22)9-16(29)18(12)20-25-19-21(27(20)3)23-10-17(24-19)28-7-5-13-4-6-26(2)11-15(13)28/h8-10,13,15,29H,4-7,11H2,1-3H3/t13-,15-/m0/s1. The summed E-state index contributed by atoms with van der Waals surface area (Å²) in [6.45, 7) is 5.17. The van der Waals surface area contributed by atoms with Crippen LogP contribution in [0.5, 0.6) is 5.75 Å². The van der Waals surface area contributed by atoms with Crippen LogP contribution in [-0.2, 0) is 7.05 Å². The van der Waals surface area contributed by atoms with Crippen LogP contribution in [-0.4, -0.2) is 62.2 Å². The van der Waals surface area contributed by atoms with E-state index >= 15 is 0 Å². The summed E-state index contributed by atoms with van der Waals surface area (Å²) < 4.78 is 1.88. The number of aryl methyl sites for hydroxylation is 2. The predicted octanol–water partition coefficient (Wildman–Crippen LogP) is 3.23. The van der Waals surface area contributed by atoms with Crippen LogP contribution >= 0.6 is 11.6 Å². The van der Waals surface area contributed by atoms with Gasteiger partial charge in [-0.1, -0.05) is 11.6 Å². The van der Waals surface area contributed by atoms with Crippen molar-refractivity contribution in [3.63, 3.8) is 0 Å². The van der Waals surface area contributed by atoms with Gasteiger partial charge in [0.2, 0.25) is 0 Å². The Labute approximate surface area is 175 Å². The van der Waals surface area contributed by atoms with Crippen molar-refractivity contribution in [3.05, 3.63) is 28.9 Å². The van der Waals surface area contributed by atoms with E-state index in [1.807, 2.05) is 30.8 Å². The van der Waals surface area contributed by atoms with E-state index in [1.165, 1.54) is 19.4 Å². The molecule has 2 atom stereocenters. The van der Waals surface area contributed by atoms with Gasteiger partial charge in [0.15, 0.2) is 11.3 Å². The maximum Gasteiger partial charge on any atom is 0.200 e. The number of hydrogen-bond donors (Lipinski definition) is 1. The van der Waals surface area contributed by atoms with E-state index in [1.54, 1.807) is 6.07 Å². The van der Waals surface area contributed by atoms with Crippen molar-refractivity contribution in [2.24, 2.45) is 13.0 Å². The molecule has 4 heterocycles. The number of aromatic hydroxyl groups is 1. The minimum atomic E-state index is 0.112. The van der Waals surface area contributed by atoms with Crippen molar-refractivity contribution in [3.8, 4) is 17.1 Å². The first-order chi connectivity index (χ1) is 13.9. The van der Waals surface area contributed by atoms with Gasteiger partial charge in [0, 0.05) is 31.2 Å². The van der Waals surface area contributed by atoms with Gasteiger partial charge < -0.3 is 19.5 Å². The Hall–Kier alpha value is -2.38. The van der Waals surface area contributed by atoms with Crippen molar-refractivity contribution < 1.29 is 5.11 Å². The lowest BCUT2D eigenvalue weighted by Crippen LogP contribution is -2.46. The number of likely N-dealkylation sites (tertiary alicyclic amines) is 1. The molecule has 2 saturated heterocycles. The lowest BCUT2D eigenvalue weighted by Gasteiger charge is -2.36. The van der Waals surface area contributed by atoms with E-state index in [-0.39, 0.29) is 5.75 Å². The van der Waals surface area contributed by atoms with E-state index in [9.17, 15) is 5.11 Å². The Balaban J connectivity index is 1.56. The molecular weight excluding hydrogens is 388 g/mol. The van der Waals surface area contributed by atoms with Gasteiger partial charge in [0.1, 0.15) is 17.4 Å². The molecule has 8 heteroatoms. The number of imidazole rings is 1. The van der Waals surface area contributed by atoms with Crippen LogP contribution in [0.15, 0.2) is 18.3 Å². The smallest absolute Gasteiger partial charge is 0.200 e. The molecule has 0 amide bonds. The van der Waals surface area contributed by atoms with Gasteiger partial charge in [0.05, 0.1) is 11.8 Å². The summed E-state index contributed by atoms with van der Waals surface area (Å²) in [5.41, 5.74) is 2.82. The molecule has 0 aliphatic carbocycles. The topological polar surface area (TPSA) is 70.3 Å². The molecule has 0 bridgehead atoms. The second kappa shape index (κ2) is 6.85. The number of fused-ring (bicyclic) bond motifs is 2. The van der Waals surface area contributed by atoms with E-state index in [2.05, 4.69) is 21.8 Å². The number of likely N-dealkylation sites (N-methyl/N-ethyl adjacent to an activating group) is 1. The number of aromatic nitrogens is 4. The van der Waals surface area contributed by atoms with Crippen LogP contribution in [0.1, 0.15) is 18.4 Å². The molecule has 7 nitrogen and oxygen atoms in total. The van der Waals surface area contributed by atoms with Crippen LogP contribution in [0.25, 0.3) is 22.7 Å². The summed E-state index contributed by atoms with van der Waals surface area (Å²) in [6.07, 6.45) is 4.32. The Bertz CT molecular complexity index is 1070. The third kappa shape index (κ3) is 3.04. The molecule has 0 saturated carbocycles. The normalized spacial score (nSPS) is 22.4. The summed E-state index contributed by atoms with van der Waals surface area (Å²) in [7, 11) is 4.09. The fourth-order valence-electron chi connectivity index (χ4n) is 4.91. The average molecular weight is 413 g/mol. The van der Waals surface area contributed by atoms with Gasteiger partial charge in [-0.25, -0.2) is 15.0 Å². The van der Waals surface area contributed by atoms with Crippen molar-refractivity contribution in [2.45, 2.75) is 25.8 Å². The van der Waals surface area contributed by atoms with Gasteiger partial charge >= 0.3 is 0 Å². The highest BCUT2D eigenvalue weighted by Crippen LogP contribution is 2.37. The lowest BCUT2D eigenvalue weighted by molar-refractivity contribution is 0.208. The van der Waals surface area contributed by atoms with E-state index in [0.717, 1.165) is 30.4 Å². The van der Waals surface area contributed by atoms with Crippen molar-refractivity contribution in [1.82, 2.24) is 24.4 Å². The number of hydrogen-bond acceptors (Lipinski definition) is 6. The number of benzene rings is 1. The molecule has 5 rings (SSSR count). The number of phenolic OH excluding ortho intramolecular Hbond substituents is 1. The van der Waals surface area contributed by atoms with Crippen LogP contribution in [0, 0.1) is 12.8 Å². The number of nitrogens with zero attached hydrogens (tertiary/aromatic N) is 6. The van der Waals surface area contributed by atoms with Crippen LogP contribution < -0.4 is 4.90 Å². The quantitative estimate of drug-likeness (QED) is 0.696. The molecule has 1 N–H and O–H groups in total. The molecule has 2 aliphatic rings. The van der Waals surface area contributed by atoms with Crippen LogP contribution in [0.2, 0.25) is 5.02 Å². The SMILES string of the molecule is Cc1cc(Cl)cc(O)c1-c1nc2nc(N3CC[C@@H]4CCN(C)C[C@@H]43)cnc2n1C. The summed E-state index contributed by atoms with van der Waals surface area (Å²) in [5.74, 6) is 2.38. The summed E-state index contributed by atoms with van der Waals surface area (Å²) >= 11 is 6.07. The first kappa shape index (κ1) is 18.6. The largest absolute Gasteiger partial charge is 0.507 e. The fourth-order valence-corrected chi connectivity index (χ4v) is 5.18. The minimum Gasteiger partial charge on any atom is -0.507 e. The molecule has 29 heavy (non-hydrogen) atoms. The zero-order valence-corrected chi connectivity index (χ0v) is 17.7. The molecule has 0 spiro atoms. The summed E-state index contributed by atoms with van der Waals surface area (Å²) in [6, 6.07) is 3.86. The first-order valence-corrected chi connectivity index (χ1v) is 10.4. The van der Waals surface area contributed by atoms with Gasteiger partial charge in [-0.15, -0.1) is 0 Å². The molecule has 2 fully saturated rings. The van der Waals surface area contributed by atoms with Gasteiger partial charge in [-0.3, -0.25) is 0 Å². The Kier molecular flexibility index (Phi) is 4.40. The molecule has 2 aromatic heterocycles. The number of phenols is 1. The third-order valence-corrected chi connectivity index (χ3v) is 6.65. The van der Waals surface area contributed by atoms with Gasteiger partial charge in [-0.2, -0.15) is 0 Å². The Morgan fingerprint density at radius 2 is 1.93 bits per heavy atom. The second-order valence-electron chi connectivity index (χ2n) is 8.35. The first-order valence-electron chi connectivity index (χ1n) is 10.1. The van der Waals surface area contributed by atoms with E-state index in [4.69, 9.17) is 21.6 Å². The molecule has 1 aromatic carbocycles. The highest BCUT2D eigenvalue weighted by atomic mass is 35.5. The number of rotatable bonds is 2. The molecule has 0 unspecified atom stereocenters. The average Bonchev–Trinajstić information content (AvgIpc) is 3.22. The van der Waals surface area contributed by atoms with Crippen molar-refractivity contribution >= 4 is 28.7 Å². The highest BCUT2D eigenvalue weighted by Gasteiger charge is 2.38. The maximum atomic E-state index is 10.5. The molecular formula is C21H25ClN6O. The van der Waals surface area contributed by atoms with E-state index < -0.39 is 0 Å². The summed E-state index contributed by atoms with van der Waals surface area (Å²) in [5, 5.41) is 11.0. The molecule has 152 valence electrons. The maximum absolute atomic E-state index is 10.5. The number of piperidine rings is 1. The lowest BCUT2D eigenvalue weighted by atomic mass is 9.92. The molecule has 3 aromatic rings. The van der Waals surface area contributed by atoms with Gasteiger partial charge in [0.25, 0.3) is 0 Å². The van der Waals surface area contributed by atoms with Crippen LogP contribution in [0.3, 0.4) is 0 Å². The predicted molar refractivity (Wildman–Crippen MR) is 115 cm³/mol. The highest BCUT2D eigenvalue weighted by molar-refractivity contribution is 6.31.